The van der Waals surface area contributed by atoms with Crippen LogP contribution in [-0.4, -0.2) is 18.5 Å². The monoisotopic (exact) mass is 288 g/mol. The average molecular weight is 289 g/mol. The van der Waals surface area contributed by atoms with E-state index in [-0.39, 0.29) is 5.78 Å². The quantitative estimate of drug-likeness (QED) is 0.791. The van der Waals surface area contributed by atoms with E-state index in [0.29, 0.717) is 12.5 Å². The maximum absolute atomic E-state index is 11.7. The highest BCUT2D eigenvalue weighted by Gasteiger charge is 2.17. The number of carbonyl (C=O) groups is 1. The van der Waals surface area contributed by atoms with Crippen LogP contribution in [0.1, 0.15) is 36.0 Å². The second-order valence-electron chi connectivity index (χ2n) is 3.74. The summed E-state index contributed by atoms with van der Waals surface area (Å²) < 4.78 is 6.50. The Morgan fingerprint density at radius 2 is 2.53 bits per heavy atom. The van der Waals surface area contributed by atoms with Gasteiger partial charge in [0.15, 0.2) is 5.78 Å². The molecular weight excluding hydrogens is 276 g/mol. The number of halogens is 1. The molecule has 82 valence electrons. The van der Waals surface area contributed by atoms with Crippen LogP contribution in [0.4, 0.5) is 0 Å². The first kappa shape index (κ1) is 11.3. The minimum Gasteiger partial charge on any atom is -0.378 e. The zero-order chi connectivity index (χ0) is 10.7. The molecule has 2 heterocycles. The molecular formula is C11H13BrO2S. The molecule has 1 fully saturated rings. The summed E-state index contributed by atoms with van der Waals surface area (Å²) in [5, 5.41) is 1.90. The second-order valence-corrected chi connectivity index (χ2v) is 6.03. The Morgan fingerprint density at radius 3 is 3.13 bits per heavy atom. The fourth-order valence-corrected chi connectivity index (χ4v) is 2.93. The first-order chi connectivity index (χ1) is 7.25. The lowest BCUT2D eigenvalue weighted by Gasteiger charge is -2.07. The number of Topliss-reactive ketones (excluding diaryl/α,β-unsaturated/α-hetero) is 1. The van der Waals surface area contributed by atoms with Crippen LogP contribution in [0.3, 0.4) is 0 Å². The van der Waals surface area contributed by atoms with Crippen LogP contribution in [0, 0.1) is 0 Å². The summed E-state index contributed by atoms with van der Waals surface area (Å²) in [6.07, 6.45) is 4.04. The molecule has 0 radical (unpaired) electrons. The molecule has 1 saturated heterocycles. The minimum absolute atomic E-state index is 0.229. The second kappa shape index (κ2) is 5.23. The van der Waals surface area contributed by atoms with Crippen molar-refractivity contribution >= 4 is 33.0 Å². The van der Waals surface area contributed by atoms with Gasteiger partial charge in [-0.2, -0.15) is 0 Å². The summed E-state index contributed by atoms with van der Waals surface area (Å²) in [5.41, 5.74) is 0.824. The van der Waals surface area contributed by atoms with E-state index in [1.165, 1.54) is 0 Å². The van der Waals surface area contributed by atoms with E-state index in [9.17, 15) is 4.79 Å². The fourth-order valence-electron chi connectivity index (χ4n) is 1.76. The summed E-state index contributed by atoms with van der Waals surface area (Å²) in [4.78, 5) is 11.7. The molecule has 1 aromatic heterocycles. The molecule has 0 N–H and O–H groups in total. The smallest absolute Gasteiger partial charge is 0.163 e. The van der Waals surface area contributed by atoms with Gasteiger partial charge in [0, 0.05) is 24.0 Å². The van der Waals surface area contributed by atoms with Crippen molar-refractivity contribution in [1.29, 1.82) is 0 Å². The number of carbonyl (C=O) groups excluding carboxylic acids is 1. The number of hydrogen-bond acceptors (Lipinski definition) is 3. The van der Waals surface area contributed by atoms with E-state index in [1.54, 1.807) is 11.3 Å². The van der Waals surface area contributed by atoms with Crippen LogP contribution in [0.2, 0.25) is 0 Å². The Kier molecular flexibility index (Phi) is 3.94. The summed E-state index contributed by atoms with van der Waals surface area (Å²) in [5.74, 6) is 0.229. The van der Waals surface area contributed by atoms with Crippen molar-refractivity contribution in [2.24, 2.45) is 0 Å². The van der Waals surface area contributed by atoms with Gasteiger partial charge in [-0.1, -0.05) is 0 Å². The van der Waals surface area contributed by atoms with Crippen LogP contribution in [0.25, 0.3) is 0 Å². The van der Waals surface area contributed by atoms with Gasteiger partial charge in [0.25, 0.3) is 0 Å². The molecule has 15 heavy (non-hydrogen) atoms. The molecule has 2 rings (SSSR count). The molecule has 1 atom stereocenters. The Morgan fingerprint density at radius 1 is 1.67 bits per heavy atom. The van der Waals surface area contributed by atoms with E-state index in [4.69, 9.17) is 4.74 Å². The topological polar surface area (TPSA) is 26.3 Å². The third kappa shape index (κ3) is 3.13. The summed E-state index contributed by atoms with van der Waals surface area (Å²) in [6, 6.07) is 1.89. The Hall–Kier alpha value is -0.190. The lowest BCUT2D eigenvalue weighted by atomic mass is 10.1. The van der Waals surface area contributed by atoms with Crippen molar-refractivity contribution in [1.82, 2.24) is 0 Å². The normalized spacial score (nSPS) is 20.7. The number of thiophene rings is 1. The van der Waals surface area contributed by atoms with Crippen molar-refractivity contribution < 1.29 is 9.53 Å². The molecule has 0 bridgehead atoms. The predicted octanol–water partition coefficient (Wildman–Crippen LogP) is 3.65. The Balaban J connectivity index is 1.81. The average Bonchev–Trinajstić information content (AvgIpc) is 2.84. The maximum atomic E-state index is 11.7. The molecule has 0 aromatic carbocycles. The standard InChI is InChI=1S/C11H13BrO2S/c12-11-6-8(7-15-11)10(13)4-3-9-2-1-5-14-9/h6-7,9H,1-5H2. The van der Waals surface area contributed by atoms with Gasteiger partial charge in [-0.15, -0.1) is 11.3 Å². The van der Waals surface area contributed by atoms with Gasteiger partial charge < -0.3 is 4.74 Å². The largest absolute Gasteiger partial charge is 0.378 e. The molecule has 1 aliphatic heterocycles. The zero-order valence-electron chi connectivity index (χ0n) is 8.37. The predicted molar refractivity (Wildman–Crippen MR) is 64.6 cm³/mol. The van der Waals surface area contributed by atoms with Crippen molar-refractivity contribution in [3.63, 3.8) is 0 Å². The van der Waals surface area contributed by atoms with Crippen molar-refractivity contribution in [2.45, 2.75) is 31.8 Å². The van der Waals surface area contributed by atoms with Crippen LogP contribution < -0.4 is 0 Å². The molecule has 1 aliphatic rings. The third-order valence-electron chi connectivity index (χ3n) is 2.61. The number of ketones is 1. The van der Waals surface area contributed by atoms with E-state index in [0.717, 1.165) is 35.2 Å². The molecule has 0 aliphatic carbocycles. The van der Waals surface area contributed by atoms with Gasteiger partial charge in [-0.05, 0) is 41.3 Å². The Bertz CT molecular complexity index is 342. The third-order valence-corrected chi connectivity index (χ3v) is 4.11. The van der Waals surface area contributed by atoms with E-state index >= 15 is 0 Å². The van der Waals surface area contributed by atoms with E-state index in [1.807, 2.05) is 11.4 Å². The SMILES string of the molecule is O=C(CCC1CCCO1)c1csc(Br)c1. The highest BCUT2D eigenvalue weighted by Crippen LogP contribution is 2.23. The number of rotatable bonds is 4. The highest BCUT2D eigenvalue weighted by molar-refractivity contribution is 9.11. The Labute approximate surface area is 102 Å². The fraction of sp³-hybridized carbons (Fsp3) is 0.545. The summed E-state index contributed by atoms with van der Waals surface area (Å²) >= 11 is 4.91. The van der Waals surface area contributed by atoms with Gasteiger partial charge in [-0.3, -0.25) is 4.79 Å². The van der Waals surface area contributed by atoms with Gasteiger partial charge in [0.2, 0.25) is 0 Å². The summed E-state index contributed by atoms with van der Waals surface area (Å²) in [7, 11) is 0. The first-order valence-electron chi connectivity index (χ1n) is 5.14. The van der Waals surface area contributed by atoms with Crippen LogP contribution in [-0.2, 0) is 4.74 Å². The molecule has 2 nitrogen and oxygen atoms in total. The number of hydrogen-bond donors (Lipinski definition) is 0. The minimum atomic E-state index is 0.229. The lowest BCUT2D eigenvalue weighted by Crippen LogP contribution is -2.08. The van der Waals surface area contributed by atoms with Crippen molar-refractivity contribution in [3.05, 3.63) is 20.8 Å². The zero-order valence-corrected chi connectivity index (χ0v) is 10.8. The van der Waals surface area contributed by atoms with Crippen molar-refractivity contribution in [2.75, 3.05) is 6.61 Å². The molecule has 0 saturated carbocycles. The molecule has 0 amide bonds. The van der Waals surface area contributed by atoms with Gasteiger partial charge >= 0.3 is 0 Å². The van der Waals surface area contributed by atoms with Crippen LogP contribution >= 0.6 is 27.3 Å². The molecule has 0 spiro atoms. The molecule has 4 heteroatoms. The summed E-state index contributed by atoms with van der Waals surface area (Å²) in [6.45, 7) is 0.864. The lowest BCUT2D eigenvalue weighted by molar-refractivity contribution is 0.0859. The maximum Gasteiger partial charge on any atom is 0.163 e. The van der Waals surface area contributed by atoms with Gasteiger partial charge in [0.05, 0.1) is 9.89 Å². The van der Waals surface area contributed by atoms with Crippen LogP contribution in [0.5, 0.6) is 0 Å². The van der Waals surface area contributed by atoms with Crippen molar-refractivity contribution in [3.8, 4) is 0 Å². The van der Waals surface area contributed by atoms with Crippen LogP contribution in [0.15, 0.2) is 15.2 Å². The highest BCUT2D eigenvalue weighted by atomic mass is 79.9. The van der Waals surface area contributed by atoms with Gasteiger partial charge in [-0.25, -0.2) is 0 Å². The molecule has 1 unspecified atom stereocenters. The van der Waals surface area contributed by atoms with E-state index in [2.05, 4.69) is 15.9 Å². The molecule has 1 aromatic rings. The van der Waals surface area contributed by atoms with E-state index < -0.39 is 0 Å². The van der Waals surface area contributed by atoms with Gasteiger partial charge in [0.1, 0.15) is 0 Å². The first-order valence-corrected chi connectivity index (χ1v) is 6.82. The number of ether oxygens (including phenoxy) is 1.